The van der Waals surface area contributed by atoms with Gasteiger partial charge in [-0.3, -0.25) is 9.69 Å². The predicted octanol–water partition coefficient (Wildman–Crippen LogP) is 1.50. The highest BCUT2D eigenvalue weighted by atomic mass is 16.5. The zero-order valence-corrected chi connectivity index (χ0v) is 12.5. The summed E-state index contributed by atoms with van der Waals surface area (Å²) >= 11 is 0. The fourth-order valence-corrected chi connectivity index (χ4v) is 5.27. The van der Waals surface area contributed by atoms with E-state index in [0.29, 0.717) is 30.0 Å². The van der Waals surface area contributed by atoms with Gasteiger partial charge < -0.3 is 9.64 Å². The van der Waals surface area contributed by atoms with E-state index in [-0.39, 0.29) is 0 Å². The fraction of sp³-hybridized carbons (Fsp3) is 0.938. The van der Waals surface area contributed by atoms with Crippen LogP contribution >= 0.6 is 0 Å². The molecule has 0 spiro atoms. The van der Waals surface area contributed by atoms with Gasteiger partial charge in [-0.2, -0.15) is 0 Å². The van der Waals surface area contributed by atoms with Crippen molar-refractivity contribution in [2.45, 2.75) is 56.7 Å². The molecule has 0 N–H and O–H groups in total. The van der Waals surface area contributed by atoms with Crippen LogP contribution in [-0.2, 0) is 9.53 Å². The molecule has 4 heteroatoms. The number of nitrogens with zero attached hydrogens (tertiary/aromatic N) is 2. The Morgan fingerprint density at radius 1 is 1.10 bits per heavy atom. The normalized spacial score (nSPS) is 45.0. The molecule has 4 rings (SSSR count). The third-order valence-corrected chi connectivity index (χ3v) is 6.25. The molecule has 0 aromatic carbocycles. The predicted molar refractivity (Wildman–Crippen MR) is 76.3 cm³/mol. The molecule has 4 aliphatic rings. The molecule has 2 bridgehead atoms. The summed E-state index contributed by atoms with van der Waals surface area (Å²) in [6.45, 7) is 3.42. The van der Waals surface area contributed by atoms with Gasteiger partial charge in [0.2, 0.25) is 5.91 Å². The molecule has 0 saturated carbocycles. The second-order valence-electron chi connectivity index (χ2n) is 7.21. The lowest BCUT2D eigenvalue weighted by atomic mass is 9.70. The van der Waals surface area contributed by atoms with Gasteiger partial charge in [-0.05, 0) is 43.9 Å². The quantitative estimate of drug-likeness (QED) is 0.728. The SMILES string of the molecule is CO[C@H]1CCN2C[C@H]3C[C@H](CN4C(=O)CCC[C@H]34)[C@@H]2C1. The summed E-state index contributed by atoms with van der Waals surface area (Å²) < 4.78 is 5.60. The van der Waals surface area contributed by atoms with Crippen molar-refractivity contribution in [3.63, 3.8) is 0 Å². The zero-order valence-electron chi connectivity index (χ0n) is 12.5. The lowest BCUT2D eigenvalue weighted by Crippen LogP contribution is -2.65. The first-order chi connectivity index (χ1) is 9.76. The summed E-state index contributed by atoms with van der Waals surface area (Å²) in [6, 6.07) is 1.20. The van der Waals surface area contributed by atoms with Crippen LogP contribution in [0.2, 0.25) is 0 Å². The minimum Gasteiger partial charge on any atom is -0.381 e. The number of carbonyl (C=O) groups is 1. The van der Waals surface area contributed by atoms with Crippen molar-refractivity contribution in [1.29, 1.82) is 0 Å². The number of piperidine rings is 4. The molecule has 4 aliphatic heterocycles. The molecule has 4 heterocycles. The minimum absolute atomic E-state index is 0.420. The van der Waals surface area contributed by atoms with E-state index >= 15 is 0 Å². The van der Waals surface area contributed by atoms with Crippen molar-refractivity contribution >= 4 is 5.91 Å². The number of amides is 1. The standard InChI is InChI=1S/C16H26N2O2/c1-20-13-5-6-17-9-11-7-12(15(17)8-13)10-18-14(11)3-2-4-16(18)19/h11-15H,2-10H2,1H3/t11-,12-,13+,14-,15+/m1/s1. The van der Waals surface area contributed by atoms with Gasteiger partial charge in [0.1, 0.15) is 0 Å². The van der Waals surface area contributed by atoms with Crippen LogP contribution in [0.15, 0.2) is 0 Å². The highest BCUT2D eigenvalue weighted by molar-refractivity contribution is 5.77. The number of rotatable bonds is 1. The van der Waals surface area contributed by atoms with Crippen LogP contribution < -0.4 is 0 Å². The molecule has 0 aliphatic carbocycles. The molecule has 0 aromatic heterocycles. The summed E-state index contributed by atoms with van der Waals surface area (Å²) in [6.07, 6.45) is 7.25. The summed E-state index contributed by atoms with van der Waals surface area (Å²) in [5.74, 6) is 1.84. The molecule has 112 valence electrons. The first-order valence-corrected chi connectivity index (χ1v) is 8.32. The second kappa shape index (κ2) is 4.99. The maximum absolute atomic E-state index is 12.2. The smallest absolute Gasteiger partial charge is 0.222 e. The Balaban J connectivity index is 1.55. The van der Waals surface area contributed by atoms with E-state index in [4.69, 9.17) is 4.74 Å². The van der Waals surface area contributed by atoms with Crippen molar-refractivity contribution in [2.24, 2.45) is 11.8 Å². The maximum Gasteiger partial charge on any atom is 0.222 e. The number of hydrogen-bond acceptors (Lipinski definition) is 3. The summed E-state index contributed by atoms with van der Waals surface area (Å²) in [5.41, 5.74) is 0. The molecule has 0 unspecified atom stereocenters. The minimum atomic E-state index is 0.420. The molecular formula is C16H26N2O2. The van der Waals surface area contributed by atoms with Crippen molar-refractivity contribution in [2.75, 3.05) is 26.7 Å². The van der Waals surface area contributed by atoms with Gasteiger partial charge in [-0.25, -0.2) is 0 Å². The van der Waals surface area contributed by atoms with E-state index in [0.717, 1.165) is 25.3 Å². The van der Waals surface area contributed by atoms with Crippen molar-refractivity contribution < 1.29 is 9.53 Å². The van der Waals surface area contributed by atoms with Crippen LogP contribution in [0.4, 0.5) is 0 Å². The number of fused-ring (bicyclic) bond motifs is 6. The molecule has 5 atom stereocenters. The van der Waals surface area contributed by atoms with Crippen LogP contribution in [-0.4, -0.2) is 60.6 Å². The van der Waals surface area contributed by atoms with Gasteiger partial charge in [0.25, 0.3) is 0 Å². The Bertz CT molecular complexity index is 400. The third-order valence-electron chi connectivity index (χ3n) is 6.25. The van der Waals surface area contributed by atoms with Gasteiger partial charge in [-0.15, -0.1) is 0 Å². The van der Waals surface area contributed by atoms with Crippen LogP contribution in [0.5, 0.6) is 0 Å². The number of ether oxygens (including phenoxy) is 1. The Labute approximate surface area is 121 Å². The van der Waals surface area contributed by atoms with Crippen LogP contribution in [0.3, 0.4) is 0 Å². The Kier molecular flexibility index (Phi) is 3.26. The zero-order chi connectivity index (χ0) is 13.7. The molecule has 4 fully saturated rings. The highest BCUT2D eigenvalue weighted by Gasteiger charge is 2.49. The summed E-state index contributed by atoms with van der Waals surface area (Å²) in [4.78, 5) is 17.2. The average molecular weight is 278 g/mol. The molecule has 4 saturated heterocycles. The van der Waals surface area contributed by atoms with Gasteiger partial charge in [-0.1, -0.05) is 0 Å². The first-order valence-electron chi connectivity index (χ1n) is 8.32. The molecule has 20 heavy (non-hydrogen) atoms. The van der Waals surface area contributed by atoms with Gasteiger partial charge in [0.15, 0.2) is 0 Å². The maximum atomic E-state index is 12.2. The van der Waals surface area contributed by atoms with Gasteiger partial charge in [0.05, 0.1) is 6.10 Å². The van der Waals surface area contributed by atoms with Gasteiger partial charge >= 0.3 is 0 Å². The summed E-state index contributed by atoms with van der Waals surface area (Å²) in [5, 5.41) is 0. The lowest BCUT2D eigenvalue weighted by Gasteiger charge is -2.57. The second-order valence-corrected chi connectivity index (χ2v) is 7.21. The monoisotopic (exact) mass is 278 g/mol. The number of hydrogen-bond donors (Lipinski definition) is 0. The fourth-order valence-electron chi connectivity index (χ4n) is 5.27. The lowest BCUT2D eigenvalue weighted by molar-refractivity contribution is -0.150. The molecule has 0 radical (unpaired) electrons. The molecule has 1 amide bonds. The van der Waals surface area contributed by atoms with E-state index in [1.807, 2.05) is 7.11 Å². The third kappa shape index (κ3) is 2.00. The van der Waals surface area contributed by atoms with Gasteiger partial charge in [0, 0.05) is 45.2 Å². The van der Waals surface area contributed by atoms with Crippen molar-refractivity contribution in [1.82, 2.24) is 9.80 Å². The Hall–Kier alpha value is -0.610. The van der Waals surface area contributed by atoms with Crippen molar-refractivity contribution in [3.05, 3.63) is 0 Å². The van der Waals surface area contributed by atoms with Crippen molar-refractivity contribution in [3.8, 4) is 0 Å². The van der Waals surface area contributed by atoms with E-state index < -0.39 is 0 Å². The Morgan fingerprint density at radius 3 is 2.80 bits per heavy atom. The first kappa shape index (κ1) is 13.1. The van der Waals surface area contributed by atoms with E-state index in [9.17, 15) is 4.79 Å². The molecule has 0 aromatic rings. The van der Waals surface area contributed by atoms with E-state index in [1.54, 1.807) is 0 Å². The Morgan fingerprint density at radius 2 is 1.95 bits per heavy atom. The highest BCUT2D eigenvalue weighted by Crippen LogP contribution is 2.43. The van der Waals surface area contributed by atoms with Crippen LogP contribution in [0, 0.1) is 11.8 Å². The van der Waals surface area contributed by atoms with Crippen LogP contribution in [0.25, 0.3) is 0 Å². The van der Waals surface area contributed by atoms with E-state index in [1.165, 1.54) is 38.8 Å². The number of carbonyl (C=O) groups excluding carboxylic acids is 1. The summed E-state index contributed by atoms with van der Waals surface area (Å²) in [7, 11) is 1.84. The van der Waals surface area contributed by atoms with Crippen LogP contribution in [0.1, 0.15) is 38.5 Å². The van der Waals surface area contributed by atoms with E-state index in [2.05, 4.69) is 9.80 Å². The number of methoxy groups -OCH3 is 1. The topological polar surface area (TPSA) is 32.8 Å². The molecular weight excluding hydrogens is 252 g/mol. The molecule has 4 nitrogen and oxygen atoms in total. The largest absolute Gasteiger partial charge is 0.381 e. The average Bonchev–Trinajstić information content (AvgIpc) is 2.48.